The number of nitrogens with one attached hydrogen (secondary N) is 2. The second-order valence-electron chi connectivity index (χ2n) is 8.43. The SMILES string of the molecule is C=C(NC(C)C)c1ccc(C)c(-c2nc(C)nc3c2CNC(=C)N3c2c(F)cccc2F)c1. The van der Waals surface area contributed by atoms with Gasteiger partial charge in [-0.25, -0.2) is 18.7 Å². The molecule has 3 aromatic rings. The summed E-state index contributed by atoms with van der Waals surface area (Å²) >= 11 is 0. The first-order chi connectivity index (χ1) is 15.7. The molecule has 1 aliphatic heterocycles. The predicted molar refractivity (Wildman–Crippen MR) is 129 cm³/mol. The van der Waals surface area contributed by atoms with E-state index in [9.17, 15) is 8.78 Å². The normalized spacial score (nSPS) is 13.1. The first-order valence-electron chi connectivity index (χ1n) is 10.8. The van der Waals surface area contributed by atoms with Gasteiger partial charge in [-0.15, -0.1) is 0 Å². The smallest absolute Gasteiger partial charge is 0.150 e. The maximum Gasteiger partial charge on any atom is 0.150 e. The summed E-state index contributed by atoms with van der Waals surface area (Å²) in [5.41, 5.74) is 4.90. The van der Waals surface area contributed by atoms with E-state index in [1.807, 2.05) is 25.1 Å². The highest BCUT2D eigenvalue weighted by molar-refractivity contribution is 5.80. The van der Waals surface area contributed by atoms with Crippen molar-refractivity contribution in [1.29, 1.82) is 0 Å². The Morgan fingerprint density at radius 1 is 1.12 bits per heavy atom. The Balaban J connectivity index is 1.91. The van der Waals surface area contributed by atoms with Gasteiger partial charge in [0.1, 0.15) is 34.8 Å². The lowest BCUT2D eigenvalue weighted by Gasteiger charge is -2.34. The molecular formula is C26H27F2N5. The lowest BCUT2D eigenvalue weighted by molar-refractivity contribution is 0.578. The quantitative estimate of drug-likeness (QED) is 0.524. The Hall–Kier alpha value is -3.74. The maximum absolute atomic E-state index is 14.7. The van der Waals surface area contributed by atoms with Crippen LogP contribution >= 0.6 is 0 Å². The van der Waals surface area contributed by atoms with Crippen molar-refractivity contribution in [2.45, 2.75) is 40.3 Å². The van der Waals surface area contributed by atoms with Gasteiger partial charge in [0.05, 0.1) is 5.69 Å². The highest BCUT2D eigenvalue weighted by Gasteiger charge is 2.30. The Labute approximate surface area is 192 Å². The Morgan fingerprint density at radius 2 is 1.82 bits per heavy atom. The van der Waals surface area contributed by atoms with Crippen LogP contribution in [0.5, 0.6) is 0 Å². The van der Waals surface area contributed by atoms with Crippen LogP contribution in [-0.4, -0.2) is 16.0 Å². The van der Waals surface area contributed by atoms with Crippen LogP contribution in [0.15, 0.2) is 55.4 Å². The number of para-hydroxylation sites is 1. The molecule has 0 unspecified atom stereocenters. The lowest BCUT2D eigenvalue weighted by Crippen LogP contribution is -2.35. The minimum absolute atomic E-state index is 0.222. The summed E-state index contributed by atoms with van der Waals surface area (Å²) in [6.07, 6.45) is 0. The number of hydrogen-bond donors (Lipinski definition) is 2. The zero-order valence-electron chi connectivity index (χ0n) is 19.3. The second kappa shape index (κ2) is 8.65. The number of nitrogens with zero attached hydrogens (tertiary/aromatic N) is 3. The monoisotopic (exact) mass is 447 g/mol. The first kappa shape index (κ1) is 22.5. The van der Waals surface area contributed by atoms with Crippen LogP contribution in [0.4, 0.5) is 20.3 Å². The van der Waals surface area contributed by atoms with Gasteiger partial charge in [-0.1, -0.05) is 31.4 Å². The number of aryl methyl sites for hydroxylation is 2. The van der Waals surface area contributed by atoms with Crippen LogP contribution in [0.3, 0.4) is 0 Å². The van der Waals surface area contributed by atoms with Crippen molar-refractivity contribution < 1.29 is 8.78 Å². The molecule has 5 nitrogen and oxygen atoms in total. The Morgan fingerprint density at radius 3 is 2.48 bits per heavy atom. The molecule has 0 saturated carbocycles. The number of fused-ring (bicyclic) bond motifs is 1. The van der Waals surface area contributed by atoms with Crippen LogP contribution in [0, 0.1) is 25.5 Å². The van der Waals surface area contributed by atoms with Gasteiger partial charge in [-0.2, -0.15) is 0 Å². The van der Waals surface area contributed by atoms with E-state index in [2.05, 4.69) is 42.6 Å². The number of hydrogen-bond acceptors (Lipinski definition) is 5. The van der Waals surface area contributed by atoms with E-state index in [1.165, 1.54) is 23.1 Å². The van der Waals surface area contributed by atoms with E-state index in [0.717, 1.165) is 28.0 Å². The molecule has 2 heterocycles. The van der Waals surface area contributed by atoms with Crippen LogP contribution in [0.25, 0.3) is 17.0 Å². The fraction of sp³-hybridized carbons (Fsp3) is 0.231. The van der Waals surface area contributed by atoms with Crippen molar-refractivity contribution in [2.24, 2.45) is 0 Å². The summed E-state index contributed by atoms with van der Waals surface area (Å²) in [7, 11) is 0. The molecule has 33 heavy (non-hydrogen) atoms. The third-order valence-corrected chi connectivity index (χ3v) is 5.51. The number of halogens is 2. The molecule has 2 aromatic carbocycles. The second-order valence-corrected chi connectivity index (χ2v) is 8.43. The Bertz CT molecular complexity index is 1250. The highest BCUT2D eigenvalue weighted by Crippen LogP contribution is 2.40. The van der Waals surface area contributed by atoms with E-state index in [0.29, 0.717) is 29.7 Å². The van der Waals surface area contributed by atoms with Crippen molar-refractivity contribution in [3.63, 3.8) is 0 Å². The van der Waals surface area contributed by atoms with E-state index in [1.54, 1.807) is 6.92 Å². The number of benzene rings is 2. The fourth-order valence-corrected chi connectivity index (χ4v) is 3.99. The van der Waals surface area contributed by atoms with Gasteiger partial charge in [0.25, 0.3) is 0 Å². The standard InChI is InChI=1S/C26H27F2N5/c1-14(2)30-16(4)19-11-10-15(3)20(12-19)24-21-13-29-18(6)33(26(21)32-17(5)31-24)25-22(27)8-7-9-23(25)28/h7-12,14,29-30H,4,6,13H2,1-3,5H3. The molecule has 170 valence electrons. The predicted octanol–water partition coefficient (Wildman–Crippen LogP) is 5.72. The molecule has 0 saturated heterocycles. The fourth-order valence-electron chi connectivity index (χ4n) is 3.99. The minimum atomic E-state index is -0.696. The molecule has 4 rings (SSSR count). The van der Waals surface area contributed by atoms with Crippen LogP contribution in [0.1, 0.15) is 36.4 Å². The number of rotatable bonds is 5. The molecule has 0 fully saturated rings. The summed E-state index contributed by atoms with van der Waals surface area (Å²) in [6, 6.07) is 10.1. The van der Waals surface area contributed by atoms with E-state index in [-0.39, 0.29) is 11.7 Å². The number of aromatic nitrogens is 2. The summed E-state index contributed by atoms with van der Waals surface area (Å²) < 4.78 is 29.5. The van der Waals surface area contributed by atoms with Crippen molar-refractivity contribution in [1.82, 2.24) is 20.6 Å². The third-order valence-electron chi connectivity index (χ3n) is 5.51. The topological polar surface area (TPSA) is 53.1 Å². The van der Waals surface area contributed by atoms with Crippen molar-refractivity contribution in [3.05, 3.63) is 89.5 Å². The van der Waals surface area contributed by atoms with E-state index < -0.39 is 11.6 Å². The number of anilines is 2. The van der Waals surface area contributed by atoms with Crippen LogP contribution in [0.2, 0.25) is 0 Å². The third kappa shape index (κ3) is 4.18. The molecule has 0 radical (unpaired) electrons. The van der Waals surface area contributed by atoms with Gasteiger partial charge in [0.2, 0.25) is 0 Å². The molecule has 0 bridgehead atoms. The Kier molecular flexibility index (Phi) is 5.89. The molecule has 2 N–H and O–H groups in total. The zero-order chi connectivity index (χ0) is 23.9. The van der Waals surface area contributed by atoms with Gasteiger partial charge >= 0.3 is 0 Å². The largest absolute Gasteiger partial charge is 0.383 e. The molecule has 0 amide bonds. The average Bonchev–Trinajstić information content (AvgIpc) is 2.74. The van der Waals surface area contributed by atoms with Crippen LogP contribution < -0.4 is 15.5 Å². The molecule has 1 aromatic heterocycles. The first-order valence-corrected chi connectivity index (χ1v) is 10.8. The molecule has 0 spiro atoms. The van der Waals surface area contributed by atoms with Crippen molar-refractivity contribution in [2.75, 3.05) is 4.90 Å². The molecule has 1 aliphatic rings. The molecule has 0 aliphatic carbocycles. The average molecular weight is 448 g/mol. The lowest BCUT2D eigenvalue weighted by atomic mass is 9.96. The van der Waals surface area contributed by atoms with Gasteiger partial charge in [-0.05, 0) is 57.0 Å². The van der Waals surface area contributed by atoms with Gasteiger partial charge in [0, 0.05) is 29.4 Å². The summed E-state index contributed by atoms with van der Waals surface area (Å²) in [5, 5.41) is 6.48. The van der Waals surface area contributed by atoms with E-state index >= 15 is 0 Å². The van der Waals surface area contributed by atoms with Crippen molar-refractivity contribution in [3.8, 4) is 11.3 Å². The highest BCUT2D eigenvalue weighted by atomic mass is 19.1. The molecule has 0 atom stereocenters. The maximum atomic E-state index is 14.7. The summed E-state index contributed by atoms with van der Waals surface area (Å²) in [6.45, 7) is 16.4. The summed E-state index contributed by atoms with van der Waals surface area (Å²) in [5.74, 6) is -0.149. The zero-order valence-corrected chi connectivity index (χ0v) is 19.3. The van der Waals surface area contributed by atoms with Gasteiger partial charge in [-0.3, -0.25) is 4.90 Å². The van der Waals surface area contributed by atoms with E-state index in [4.69, 9.17) is 4.98 Å². The molecule has 7 heteroatoms. The van der Waals surface area contributed by atoms with Gasteiger partial charge in [0.15, 0.2) is 0 Å². The van der Waals surface area contributed by atoms with Crippen molar-refractivity contribution >= 4 is 17.2 Å². The minimum Gasteiger partial charge on any atom is -0.383 e. The summed E-state index contributed by atoms with van der Waals surface area (Å²) in [4.78, 5) is 10.7. The van der Waals surface area contributed by atoms with Gasteiger partial charge < -0.3 is 10.6 Å². The van der Waals surface area contributed by atoms with Crippen LogP contribution in [-0.2, 0) is 6.54 Å². The molecular weight excluding hydrogens is 420 g/mol.